The van der Waals surface area contributed by atoms with E-state index in [-0.39, 0.29) is 5.91 Å². The van der Waals surface area contributed by atoms with Gasteiger partial charge in [0.1, 0.15) is 5.75 Å². The van der Waals surface area contributed by atoms with Gasteiger partial charge in [-0.25, -0.2) is 0 Å². The second-order valence-electron chi connectivity index (χ2n) is 6.74. The van der Waals surface area contributed by atoms with Crippen LogP contribution in [0.5, 0.6) is 5.75 Å². The molecule has 1 amide bonds. The molecule has 0 aliphatic heterocycles. The fourth-order valence-corrected chi connectivity index (χ4v) is 2.69. The van der Waals surface area contributed by atoms with Gasteiger partial charge >= 0.3 is 0 Å². The Morgan fingerprint density at radius 2 is 1.72 bits per heavy atom. The summed E-state index contributed by atoms with van der Waals surface area (Å²) in [6, 6.07) is 15.9. The molecule has 0 heterocycles. The van der Waals surface area contributed by atoms with Gasteiger partial charge in [0, 0.05) is 5.69 Å². The Bertz CT molecular complexity index is 677. The summed E-state index contributed by atoms with van der Waals surface area (Å²) in [5.74, 6) is 0.983. The zero-order chi connectivity index (χ0) is 18.2. The van der Waals surface area contributed by atoms with Crippen LogP contribution in [0, 0.1) is 0 Å². The third kappa shape index (κ3) is 5.63. The molecule has 0 spiro atoms. The van der Waals surface area contributed by atoms with Crippen molar-refractivity contribution in [3.8, 4) is 5.75 Å². The average molecular weight is 339 g/mol. The maximum atomic E-state index is 12.4. The Balaban J connectivity index is 1.96. The number of carbonyl (C=O) groups is 1. The summed E-state index contributed by atoms with van der Waals surface area (Å²) in [6.45, 7) is 8.20. The van der Waals surface area contributed by atoms with E-state index in [1.165, 1.54) is 18.4 Å². The summed E-state index contributed by atoms with van der Waals surface area (Å²) in [4.78, 5) is 12.4. The van der Waals surface area contributed by atoms with Gasteiger partial charge in [-0.2, -0.15) is 0 Å². The number of amides is 1. The van der Waals surface area contributed by atoms with Gasteiger partial charge in [-0.3, -0.25) is 4.79 Å². The van der Waals surface area contributed by atoms with E-state index in [9.17, 15) is 4.79 Å². The van der Waals surface area contributed by atoms with Crippen LogP contribution in [0.15, 0.2) is 48.5 Å². The van der Waals surface area contributed by atoms with Crippen molar-refractivity contribution in [1.82, 2.24) is 0 Å². The predicted molar refractivity (Wildman–Crippen MR) is 104 cm³/mol. The second-order valence-corrected chi connectivity index (χ2v) is 6.74. The monoisotopic (exact) mass is 339 g/mol. The third-order valence-electron chi connectivity index (χ3n) is 4.25. The first-order valence-corrected chi connectivity index (χ1v) is 9.16. The van der Waals surface area contributed by atoms with E-state index in [1.807, 2.05) is 36.4 Å². The first-order chi connectivity index (χ1) is 12.0. The summed E-state index contributed by atoms with van der Waals surface area (Å²) in [6.07, 6.45) is 2.90. The molecule has 1 unspecified atom stereocenters. The minimum atomic E-state index is -0.556. The van der Waals surface area contributed by atoms with Crippen molar-refractivity contribution >= 4 is 11.6 Å². The molecule has 1 atom stereocenters. The Kier molecular flexibility index (Phi) is 7.05. The van der Waals surface area contributed by atoms with Gasteiger partial charge in [0.25, 0.3) is 5.91 Å². The molecular weight excluding hydrogens is 310 g/mol. The summed E-state index contributed by atoms with van der Waals surface area (Å²) >= 11 is 0. The van der Waals surface area contributed by atoms with Gasteiger partial charge < -0.3 is 10.1 Å². The summed E-state index contributed by atoms with van der Waals surface area (Å²) in [5, 5.41) is 2.93. The number of carbonyl (C=O) groups excluding carboxylic acids is 1. The molecule has 2 aromatic carbocycles. The van der Waals surface area contributed by atoms with E-state index >= 15 is 0 Å². The van der Waals surface area contributed by atoms with Gasteiger partial charge in [0.05, 0.1) is 0 Å². The number of hydrogen-bond acceptors (Lipinski definition) is 2. The number of benzene rings is 2. The Morgan fingerprint density at radius 1 is 1.04 bits per heavy atom. The molecule has 2 aromatic rings. The van der Waals surface area contributed by atoms with Crippen LogP contribution in [0.3, 0.4) is 0 Å². The highest BCUT2D eigenvalue weighted by atomic mass is 16.5. The molecule has 0 saturated heterocycles. The highest BCUT2D eigenvalue weighted by molar-refractivity contribution is 5.94. The lowest BCUT2D eigenvalue weighted by molar-refractivity contribution is -0.122. The number of hydrogen-bond donors (Lipinski definition) is 1. The molecule has 0 fully saturated rings. The van der Waals surface area contributed by atoms with Crippen molar-refractivity contribution < 1.29 is 9.53 Å². The van der Waals surface area contributed by atoms with Crippen molar-refractivity contribution in [3.05, 3.63) is 59.7 Å². The number of rotatable bonds is 8. The van der Waals surface area contributed by atoms with E-state index < -0.39 is 6.10 Å². The maximum Gasteiger partial charge on any atom is 0.265 e. The lowest BCUT2D eigenvalue weighted by atomic mass is 10.0. The van der Waals surface area contributed by atoms with Crippen molar-refractivity contribution in [2.24, 2.45) is 0 Å². The van der Waals surface area contributed by atoms with Gasteiger partial charge in [0.15, 0.2) is 6.10 Å². The number of anilines is 1. The van der Waals surface area contributed by atoms with E-state index in [2.05, 4.69) is 38.2 Å². The van der Waals surface area contributed by atoms with Crippen molar-refractivity contribution in [2.45, 2.75) is 59.0 Å². The van der Waals surface area contributed by atoms with E-state index in [0.29, 0.717) is 5.92 Å². The van der Waals surface area contributed by atoms with Crippen LogP contribution < -0.4 is 10.1 Å². The van der Waals surface area contributed by atoms with Gasteiger partial charge in [-0.15, -0.1) is 0 Å². The quantitative estimate of drug-likeness (QED) is 0.684. The Morgan fingerprint density at radius 3 is 2.36 bits per heavy atom. The van der Waals surface area contributed by atoms with Crippen LogP contribution in [0.25, 0.3) is 0 Å². The standard InChI is InChI=1S/C22H29NO2/c1-5-6-9-18-12-14-19(15-13-18)23-22(24)17(4)25-21-11-8-7-10-20(21)16(2)3/h7-8,10-17H,5-6,9H2,1-4H3,(H,23,24). The largest absolute Gasteiger partial charge is 0.481 e. The molecule has 0 saturated carbocycles. The fourth-order valence-electron chi connectivity index (χ4n) is 2.69. The smallest absolute Gasteiger partial charge is 0.265 e. The number of unbranched alkanes of at least 4 members (excludes halogenated alkanes) is 1. The van der Waals surface area contributed by atoms with E-state index in [0.717, 1.165) is 23.4 Å². The Labute approximate surface area is 151 Å². The van der Waals surface area contributed by atoms with Crippen LogP contribution in [0.2, 0.25) is 0 Å². The number of aryl methyl sites for hydroxylation is 1. The minimum absolute atomic E-state index is 0.139. The summed E-state index contributed by atoms with van der Waals surface area (Å²) < 4.78 is 5.91. The third-order valence-corrected chi connectivity index (χ3v) is 4.25. The van der Waals surface area contributed by atoms with Crippen molar-refractivity contribution in [3.63, 3.8) is 0 Å². The molecule has 3 nitrogen and oxygen atoms in total. The molecule has 0 radical (unpaired) electrons. The van der Waals surface area contributed by atoms with Gasteiger partial charge in [-0.05, 0) is 55.0 Å². The maximum absolute atomic E-state index is 12.4. The highest BCUT2D eigenvalue weighted by Crippen LogP contribution is 2.26. The Hall–Kier alpha value is -2.29. The number of para-hydroxylation sites is 1. The van der Waals surface area contributed by atoms with Crippen molar-refractivity contribution in [1.29, 1.82) is 0 Å². The molecule has 0 aliphatic carbocycles. The van der Waals surface area contributed by atoms with Crippen LogP contribution in [0.4, 0.5) is 5.69 Å². The highest BCUT2D eigenvalue weighted by Gasteiger charge is 2.17. The molecule has 2 rings (SSSR count). The molecule has 0 aromatic heterocycles. The van der Waals surface area contributed by atoms with E-state index in [4.69, 9.17) is 4.74 Å². The van der Waals surface area contributed by atoms with Gasteiger partial charge in [-0.1, -0.05) is 57.5 Å². The van der Waals surface area contributed by atoms with Crippen LogP contribution in [-0.2, 0) is 11.2 Å². The molecule has 1 N–H and O–H groups in total. The van der Waals surface area contributed by atoms with Crippen LogP contribution in [0.1, 0.15) is 57.6 Å². The average Bonchev–Trinajstić information content (AvgIpc) is 2.61. The topological polar surface area (TPSA) is 38.3 Å². The number of nitrogens with one attached hydrogen (secondary N) is 1. The summed E-state index contributed by atoms with van der Waals surface area (Å²) in [5.41, 5.74) is 3.22. The lowest BCUT2D eigenvalue weighted by Gasteiger charge is -2.18. The zero-order valence-electron chi connectivity index (χ0n) is 15.7. The van der Waals surface area contributed by atoms with Crippen molar-refractivity contribution in [2.75, 3.05) is 5.32 Å². The zero-order valence-corrected chi connectivity index (χ0v) is 15.7. The predicted octanol–water partition coefficient (Wildman–Crippen LogP) is 5.56. The fraction of sp³-hybridized carbons (Fsp3) is 0.409. The molecule has 134 valence electrons. The summed E-state index contributed by atoms with van der Waals surface area (Å²) in [7, 11) is 0. The minimum Gasteiger partial charge on any atom is -0.481 e. The number of ether oxygens (including phenoxy) is 1. The van der Waals surface area contributed by atoms with Gasteiger partial charge in [0.2, 0.25) is 0 Å². The van der Waals surface area contributed by atoms with Crippen LogP contribution >= 0.6 is 0 Å². The van der Waals surface area contributed by atoms with Crippen LogP contribution in [-0.4, -0.2) is 12.0 Å². The molecule has 0 bridgehead atoms. The molecule has 0 aliphatic rings. The SMILES string of the molecule is CCCCc1ccc(NC(=O)C(C)Oc2ccccc2C(C)C)cc1. The second kappa shape index (κ2) is 9.26. The lowest BCUT2D eigenvalue weighted by Crippen LogP contribution is -2.30. The van der Waals surface area contributed by atoms with E-state index in [1.54, 1.807) is 6.92 Å². The first-order valence-electron chi connectivity index (χ1n) is 9.16. The molecular formula is C22H29NO2. The molecule has 25 heavy (non-hydrogen) atoms. The first kappa shape index (κ1) is 19.0. The normalized spacial score (nSPS) is 12.0. The molecule has 3 heteroatoms.